The van der Waals surface area contributed by atoms with E-state index in [1.807, 2.05) is 24.8 Å². The van der Waals surface area contributed by atoms with Gasteiger partial charge in [0.05, 0.1) is 0 Å². The number of likely N-dealkylation sites (tertiary alicyclic amines) is 1. The van der Waals surface area contributed by atoms with E-state index in [9.17, 15) is 4.79 Å². The first-order valence-corrected chi connectivity index (χ1v) is 9.39. The van der Waals surface area contributed by atoms with E-state index in [2.05, 4.69) is 15.2 Å². The average Bonchev–Trinajstić information content (AvgIpc) is 3.06. The summed E-state index contributed by atoms with van der Waals surface area (Å²) in [5, 5.41) is 7.35. The molecule has 1 saturated carbocycles. The number of aromatic nitrogens is 3. The summed E-state index contributed by atoms with van der Waals surface area (Å²) in [6, 6.07) is 1.87. The third kappa shape index (κ3) is 3.16. The lowest BCUT2D eigenvalue weighted by Gasteiger charge is -2.14. The first-order chi connectivity index (χ1) is 12.6. The van der Waals surface area contributed by atoms with Crippen LogP contribution in [0.4, 0.5) is 0 Å². The lowest BCUT2D eigenvalue weighted by Crippen LogP contribution is -2.28. The Kier molecular flexibility index (Phi) is 4.56. The molecule has 2 atom stereocenters. The van der Waals surface area contributed by atoms with Crippen molar-refractivity contribution in [3.63, 3.8) is 0 Å². The van der Waals surface area contributed by atoms with Gasteiger partial charge in [0.2, 0.25) is 0 Å². The van der Waals surface area contributed by atoms with Gasteiger partial charge in [0.1, 0.15) is 12.4 Å². The molecule has 0 unspecified atom stereocenters. The van der Waals surface area contributed by atoms with Crippen LogP contribution in [0.15, 0.2) is 10.5 Å². The fourth-order valence-corrected chi connectivity index (χ4v) is 4.08. The van der Waals surface area contributed by atoms with Gasteiger partial charge in [0.15, 0.2) is 17.4 Å². The Morgan fingerprint density at radius 1 is 1.42 bits per heavy atom. The molecular weight excluding hydrogens is 332 g/mol. The second kappa shape index (κ2) is 6.87. The third-order valence-electron chi connectivity index (χ3n) is 5.59. The Morgan fingerprint density at radius 3 is 2.88 bits per heavy atom. The molecule has 4 rings (SSSR count). The molecular formula is C19H26N4O3. The quantitative estimate of drug-likeness (QED) is 0.858. The average molecular weight is 358 g/mol. The largest absolute Gasteiger partial charge is 0.456 e. The van der Waals surface area contributed by atoms with Crippen LogP contribution in [0.2, 0.25) is 0 Å². The number of aromatic amines is 1. The summed E-state index contributed by atoms with van der Waals surface area (Å²) >= 11 is 0. The van der Waals surface area contributed by atoms with Gasteiger partial charge in [-0.1, -0.05) is 6.92 Å². The monoisotopic (exact) mass is 358 g/mol. The minimum absolute atomic E-state index is 0.0198. The van der Waals surface area contributed by atoms with Gasteiger partial charge in [-0.2, -0.15) is 5.10 Å². The van der Waals surface area contributed by atoms with Crippen LogP contribution in [0.25, 0.3) is 0 Å². The van der Waals surface area contributed by atoms with Crippen LogP contribution >= 0.6 is 0 Å². The number of hydrogen-bond acceptors (Lipinski definition) is 5. The number of nitrogens with one attached hydrogen (secondary N) is 1. The lowest BCUT2D eigenvalue weighted by atomic mass is 9.91. The van der Waals surface area contributed by atoms with Crippen molar-refractivity contribution in [2.45, 2.75) is 45.6 Å². The highest BCUT2D eigenvalue weighted by molar-refractivity contribution is 5.92. The molecule has 1 N–H and O–H groups in total. The summed E-state index contributed by atoms with van der Waals surface area (Å²) in [4.78, 5) is 19.5. The first kappa shape index (κ1) is 17.3. The molecule has 0 spiro atoms. The van der Waals surface area contributed by atoms with Crippen molar-refractivity contribution in [3.8, 4) is 0 Å². The molecule has 2 aromatic rings. The highest BCUT2D eigenvalue weighted by Crippen LogP contribution is 2.47. The van der Waals surface area contributed by atoms with E-state index in [1.165, 1.54) is 12.8 Å². The molecule has 2 aliphatic rings. The highest BCUT2D eigenvalue weighted by Gasteiger charge is 2.46. The number of rotatable bonds is 6. The van der Waals surface area contributed by atoms with Crippen molar-refractivity contribution in [3.05, 3.63) is 34.8 Å². The van der Waals surface area contributed by atoms with Crippen LogP contribution in [-0.4, -0.2) is 46.2 Å². The molecule has 0 bridgehead atoms. The molecule has 0 radical (unpaired) electrons. The molecule has 0 aromatic carbocycles. The SMILES string of the molecule is CCc1oc(C(=O)N2C[C@H](c3n[nH]c(COC)n3)[C@@H](C3CC3)C2)cc1C. The van der Waals surface area contributed by atoms with Crippen molar-refractivity contribution >= 4 is 5.91 Å². The van der Waals surface area contributed by atoms with E-state index in [1.54, 1.807) is 7.11 Å². The van der Waals surface area contributed by atoms with Crippen LogP contribution in [0, 0.1) is 18.8 Å². The Labute approximate surface area is 153 Å². The second-order valence-corrected chi connectivity index (χ2v) is 7.46. The van der Waals surface area contributed by atoms with Crippen molar-refractivity contribution in [1.82, 2.24) is 20.1 Å². The van der Waals surface area contributed by atoms with Gasteiger partial charge >= 0.3 is 0 Å². The Balaban J connectivity index is 1.54. The van der Waals surface area contributed by atoms with Crippen LogP contribution in [-0.2, 0) is 17.8 Å². The molecule has 3 heterocycles. The minimum Gasteiger partial charge on any atom is -0.456 e. The number of nitrogens with zero attached hydrogens (tertiary/aromatic N) is 3. The van der Waals surface area contributed by atoms with E-state index in [4.69, 9.17) is 9.15 Å². The summed E-state index contributed by atoms with van der Waals surface area (Å²) < 4.78 is 10.9. The molecule has 2 aromatic heterocycles. The van der Waals surface area contributed by atoms with Crippen molar-refractivity contribution in [2.75, 3.05) is 20.2 Å². The molecule has 140 valence electrons. The molecule has 1 aliphatic carbocycles. The fraction of sp³-hybridized carbons (Fsp3) is 0.632. The molecule has 7 heteroatoms. The van der Waals surface area contributed by atoms with Crippen molar-refractivity contribution in [1.29, 1.82) is 0 Å². The Bertz CT molecular complexity index is 793. The zero-order chi connectivity index (χ0) is 18.3. The number of ether oxygens (including phenoxy) is 1. The number of aryl methyl sites for hydroxylation is 2. The lowest BCUT2D eigenvalue weighted by molar-refractivity contribution is 0.0751. The highest BCUT2D eigenvalue weighted by atomic mass is 16.5. The van der Waals surface area contributed by atoms with Gasteiger partial charge in [-0.3, -0.25) is 9.89 Å². The molecule has 26 heavy (non-hydrogen) atoms. The van der Waals surface area contributed by atoms with E-state index in [-0.39, 0.29) is 11.8 Å². The number of furan rings is 1. The maximum Gasteiger partial charge on any atom is 0.289 e. The number of amides is 1. The molecule has 1 aliphatic heterocycles. The van der Waals surface area contributed by atoms with E-state index in [0.717, 1.165) is 35.9 Å². The number of carbonyl (C=O) groups excluding carboxylic acids is 1. The van der Waals surface area contributed by atoms with Crippen LogP contribution in [0.5, 0.6) is 0 Å². The smallest absolute Gasteiger partial charge is 0.289 e. The maximum atomic E-state index is 13.0. The van der Waals surface area contributed by atoms with Gasteiger partial charge in [-0.05, 0) is 43.2 Å². The van der Waals surface area contributed by atoms with E-state index >= 15 is 0 Å². The van der Waals surface area contributed by atoms with Crippen molar-refractivity contribution in [2.24, 2.45) is 11.8 Å². The molecule has 1 saturated heterocycles. The predicted molar refractivity (Wildman–Crippen MR) is 94.8 cm³/mol. The zero-order valence-corrected chi connectivity index (χ0v) is 15.6. The number of carbonyl (C=O) groups is 1. The molecule has 7 nitrogen and oxygen atoms in total. The summed E-state index contributed by atoms with van der Waals surface area (Å²) in [6.45, 7) is 5.84. The first-order valence-electron chi connectivity index (χ1n) is 9.39. The Hall–Kier alpha value is -2.15. The number of hydrogen-bond donors (Lipinski definition) is 1. The van der Waals surface area contributed by atoms with Crippen molar-refractivity contribution < 1.29 is 13.9 Å². The zero-order valence-electron chi connectivity index (χ0n) is 15.6. The summed E-state index contributed by atoms with van der Waals surface area (Å²) in [5.74, 6) is 4.12. The second-order valence-electron chi connectivity index (χ2n) is 7.46. The maximum absolute atomic E-state index is 13.0. The van der Waals surface area contributed by atoms with Crippen LogP contribution in [0.1, 0.15) is 59.2 Å². The van der Waals surface area contributed by atoms with Crippen LogP contribution < -0.4 is 0 Å². The third-order valence-corrected chi connectivity index (χ3v) is 5.59. The summed E-state index contributed by atoms with van der Waals surface area (Å²) in [6.07, 6.45) is 3.27. The normalized spacial score (nSPS) is 23.0. The summed E-state index contributed by atoms with van der Waals surface area (Å²) in [5.41, 5.74) is 1.04. The van der Waals surface area contributed by atoms with Crippen LogP contribution in [0.3, 0.4) is 0 Å². The van der Waals surface area contributed by atoms with E-state index < -0.39 is 0 Å². The van der Waals surface area contributed by atoms with Gasteiger partial charge in [-0.15, -0.1) is 0 Å². The van der Waals surface area contributed by atoms with Gasteiger partial charge in [0, 0.05) is 32.5 Å². The standard InChI is InChI=1S/C19H26N4O3/c1-4-15-11(2)7-16(26-15)19(24)23-8-13(12-5-6-12)14(9-23)18-20-17(10-25-3)21-22-18/h7,12-14H,4-6,8-10H2,1-3H3,(H,20,21,22)/t13-,14+/m1/s1. The van der Waals surface area contributed by atoms with Gasteiger partial charge < -0.3 is 14.1 Å². The molecule has 1 amide bonds. The van der Waals surface area contributed by atoms with E-state index in [0.29, 0.717) is 30.7 Å². The Morgan fingerprint density at radius 2 is 2.23 bits per heavy atom. The fourth-order valence-electron chi connectivity index (χ4n) is 4.08. The number of H-pyrrole nitrogens is 1. The predicted octanol–water partition coefficient (Wildman–Crippen LogP) is 2.68. The number of methoxy groups -OCH3 is 1. The topological polar surface area (TPSA) is 84.2 Å². The van der Waals surface area contributed by atoms with Gasteiger partial charge in [-0.25, -0.2) is 4.98 Å². The minimum atomic E-state index is -0.0198. The summed E-state index contributed by atoms with van der Waals surface area (Å²) in [7, 11) is 1.64. The molecule has 2 fully saturated rings. The van der Waals surface area contributed by atoms with Gasteiger partial charge in [0.25, 0.3) is 5.91 Å².